The molecule has 0 aliphatic heterocycles. The minimum absolute atomic E-state index is 0.863. The standard InChI is InChI=1S/C10H24N2/c1-5-10(7-8-11-3)9-12(4)6-2/h10-11H,5-9H2,1-4H3. The van der Waals surface area contributed by atoms with E-state index in [0.717, 1.165) is 19.0 Å². The van der Waals surface area contributed by atoms with Crippen molar-refractivity contribution < 1.29 is 0 Å². The summed E-state index contributed by atoms with van der Waals surface area (Å²) < 4.78 is 0. The molecule has 0 amide bonds. The van der Waals surface area contributed by atoms with Gasteiger partial charge >= 0.3 is 0 Å². The molecule has 0 rings (SSSR count). The van der Waals surface area contributed by atoms with Gasteiger partial charge in [0.15, 0.2) is 0 Å². The van der Waals surface area contributed by atoms with E-state index in [4.69, 9.17) is 0 Å². The smallest absolute Gasteiger partial charge is 0.000686 e. The van der Waals surface area contributed by atoms with Gasteiger partial charge in [0.25, 0.3) is 0 Å². The summed E-state index contributed by atoms with van der Waals surface area (Å²) in [4.78, 5) is 2.39. The monoisotopic (exact) mass is 172 g/mol. The molecule has 0 saturated heterocycles. The maximum atomic E-state index is 3.21. The molecule has 0 aliphatic carbocycles. The largest absolute Gasteiger partial charge is 0.320 e. The second-order valence-corrected chi connectivity index (χ2v) is 3.52. The lowest BCUT2D eigenvalue weighted by Gasteiger charge is -2.21. The molecule has 12 heavy (non-hydrogen) atoms. The zero-order chi connectivity index (χ0) is 9.40. The van der Waals surface area contributed by atoms with Crippen LogP contribution in [0.3, 0.4) is 0 Å². The third kappa shape index (κ3) is 5.56. The molecule has 1 unspecified atom stereocenters. The maximum absolute atomic E-state index is 3.21. The third-order valence-electron chi connectivity index (χ3n) is 2.49. The van der Waals surface area contributed by atoms with E-state index in [0.29, 0.717) is 0 Å². The van der Waals surface area contributed by atoms with Crippen LogP contribution in [0, 0.1) is 5.92 Å². The topological polar surface area (TPSA) is 15.3 Å². The number of hydrogen-bond donors (Lipinski definition) is 1. The molecule has 74 valence electrons. The normalized spacial score (nSPS) is 13.8. The minimum Gasteiger partial charge on any atom is -0.320 e. The summed E-state index contributed by atoms with van der Waals surface area (Å²) >= 11 is 0. The van der Waals surface area contributed by atoms with Gasteiger partial charge in [0.05, 0.1) is 0 Å². The fourth-order valence-electron chi connectivity index (χ4n) is 1.34. The van der Waals surface area contributed by atoms with Gasteiger partial charge in [0.2, 0.25) is 0 Å². The van der Waals surface area contributed by atoms with Crippen molar-refractivity contribution in [2.24, 2.45) is 5.92 Å². The van der Waals surface area contributed by atoms with E-state index >= 15 is 0 Å². The molecule has 0 radical (unpaired) electrons. The van der Waals surface area contributed by atoms with Gasteiger partial charge in [0, 0.05) is 6.54 Å². The summed E-state index contributed by atoms with van der Waals surface area (Å²) in [6.07, 6.45) is 2.60. The molecule has 0 aromatic carbocycles. The first-order valence-electron chi connectivity index (χ1n) is 5.07. The molecule has 1 N–H and O–H groups in total. The van der Waals surface area contributed by atoms with Gasteiger partial charge in [-0.2, -0.15) is 0 Å². The predicted molar refractivity (Wildman–Crippen MR) is 55.5 cm³/mol. The zero-order valence-electron chi connectivity index (χ0n) is 9.06. The Morgan fingerprint density at radius 1 is 1.33 bits per heavy atom. The highest BCUT2D eigenvalue weighted by Crippen LogP contribution is 2.08. The zero-order valence-corrected chi connectivity index (χ0v) is 9.06. The number of nitrogens with zero attached hydrogens (tertiary/aromatic N) is 1. The van der Waals surface area contributed by atoms with E-state index < -0.39 is 0 Å². The molecule has 2 nitrogen and oxygen atoms in total. The van der Waals surface area contributed by atoms with Crippen LogP contribution in [0.1, 0.15) is 26.7 Å². The fourth-order valence-corrected chi connectivity index (χ4v) is 1.34. The van der Waals surface area contributed by atoms with Gasteiger partial charge in [-0.15, -0.1) is 0 Å². The molecule has 0 aromatic heterocycles. The molecule has 0 heterocycles. The van der Waals surface area contributed by atoms with Crippen molar-refractivity contribution >= 4 is 0 Å². The molecule has 0 fully saturated rings. The van der Waals surface area contributed by atoms with Crippen LogP contribution in [0.5, 0.6) is 0 Å². The highest BCUT2D eigenvalue weighted by atomic mass is 15.1. The number of hydrogen-bond acceptors (Lipinski definition) is 2. The Morgan fingerprint density at radius 2 is 2.00 bits per heavy atom. The number of rotatable bonds is 7. The van der Waals surface area contributed by atoms with E-state index in [9.17, 15) is 0 Å². The van der Waals surface area contributed by atoms with Gasteiger partial charge in [0.1, 0.15) is 0 Å². The van der Waals surface area contributed by atoms with Gasteiger partial charge in [-0.25, -0.2) is 0 Å². The van der Waals surface area contributed by atoms with Crippen LogP contribution < -0.4 is 5.32 Å². The molecular formula is C10H24N2. The molecule has 0 bridgehead atoms. The Balaban J connectivity index is 3.51. The van der Waals surface area contributed by atoms with Crippen molar-refractivity contribution in [2.45, 2.75) is 26.7 Å². The van der Waals surface area contributed by atoms with Gasteiger partial charge in [-0.3, -0.25) is 0 Å². The maximum Gasteiger partial charge on any atom is 0.000686 e. The van der Waals surface area contributed by atoms with E-state index in [1.54, 1.807) is 0 Å². The highest BCUT2D eigenvalue weighted by molar-refractivity contribution is 4.62. The Hall–Kier alpha value is -0.0800. The average Bonchev–Trinajstić information content (AvgIpc) is 2.11. The van der Waals surface area contributed by atoms with Gasteiger partial charge in [-0.1, -0.05) is 20.3 Å². The van der Waals surface area contributed by atoms with Crippen molar-refractivity contribution in [3.63, 3.8) is 0 Å². The molecule has 2 heteroatoms. The van der Waals surface area contributed by atoms with Crippen LogP contribution in [0.4, 0.5) is 0 Å². The second kappa shape index (κ2) is 7.56. The fraction of sp³-hybridized carbons (Fsp3) is 1.00. The third-order valence-corrected chi connectivity index (χ3v) is 2.49. The van der Waals surface area contributed by atoms with Crippen molar-refractivity contribution in [2.75, 3.05) is 33.7 Å². The summed E-state index contributed by atoms with van der Waals surface area (Å²) in [5.41, 5.74) is 0. The summed E-state index contributed by atoms with van der Waals surface area (Å²) in [5.74, 6) is 0.863. The summed E-state index contributed by atoms with van der Waals surface area (Å²) in [7, 11) is 4.22. The van der Waals surface area contributed by atoms with E-state index in [-0.39, 0.29) is 0 Å². The second-order valence-electron chi connectivity index (χ2n) is 3.52. The first-order chi connectivity index (χ1) is 5.74. The molecule has 0 saturated carbocycles. The lowest BCUT2D eigenvalue weighted by atomic mass is 10.0. The Labute approximate surface area is 77.3 Å². The molecule has 1 atom stereocenters. The van der Waals surface area contributed by atoms with Crippen molar-refractivity contribution in [3.05, 3.63) is 0 Å². The number of nitrogens with one attached hydrogen (secondary N) is 1. The quantitative estimate of drug-likeness (QED) is 0.627. The van der Waals surface area contributed by atoms with E-state index in [1.807, 2.05) is 7.05 Å². The molecule has 0 spiro atoms. The van der Waals surface area contributed by atoms with Crippen LogP contribution in [0.2, 0.25) is 0 Å². The van der Waals surface area contributed by atoms with Crippen molar-refractivity contribution in [1.82, 2.24) is 10.2 Å². The summed E-state index contributed by atoms with van der Waals surface area (Å²) in [6.45, 7) is 8.05. The van der Waals surface area contributed by atoms with Crippen LogP contribution >= 0.6 is 0 Å². The Bertz CT molecular complexity index is 93.8. The average molecular weight is 172 g/mol. The highest BCUT2D eigenvalue weighted by Gasteiger charge is 2.07. The SMILES string of the molecule is CCC(CCNC)CN(C)CC. The van der Waals surface area contributed by atoms with E-state index in [1.165, 1.54) is 19.4 Å². The first-order valence-corrected chi connectivity index (χ1v) is 5.07. The van der Waals surface area contributed by atoms with Crippen LogP contribution in [0.15, 0.2) is 0 Å². The van der Waals surface area contributed by atoms with E-state index in [2.05, 4.69) is 31.1 Å². The minimum atomic E-state index is 0.863. The van der Waals surface area contributed by atoms with Crippen LogP contribution in [0.25, 0.3) is 0 Å². The van der Waals surface area contributed by atoms with Crippen molar-refractivity contribution in [1.29, 1.82) is 0 Å². The predicted octanol–water partition coefficient (Wildman–Crippen LogP) is 1.57. The molecule has 0 aliphatic rings. The molecule has 0 aromatic rings. The Morgan fingerprint density at radius 3 is 2.42 bits per heavy atom. The first kappa shape index (κ1) is 11.9. The van der Waals surface area contributed by atoms with Crippen LogP contribution in [-0.2, 0) is 0 Å². The van der Waals surface area contributed by atoms with Gasteiger partial charge < -0.3 is 10.2 Å². The Kier molecular flexibility index (Phi) is 7.51. The summed E-state index contributed by atoms with van der Waals surface area (Å²) in [6, 6.07) is 0. The van der Waals surface area contributed by atoms with Crippen LogP contribution in [-0.4, -0.2) is 38.6 Å². The lowest BCUT2D eigenvalue weighted by molar-refractivity contribution is 0.273. The lowest BCUT2D eigenvalue weighted by Crippen LogP contribution is -2.27. The van der Waals surface area contributed by atoms with Crippen molar-refractivity contribution in [3.8, 4) is 0 Å². The summed E-state index contributed by atoms with van der Waals surface area (Å²) in [5, 5.41) is 3.21. The molecular weight excluding hydrogens is 148 g/mol. The van der Waals surface area contributed by atoms with Gasteiger partial charge in [-0.05, 0) is 39.5 Å².